The lowest BCUT2D eigenvalue weighted by atomic mass is 10.0. The highest BCUT2D eigenvalue weighted by Crippen LogP contribution is 2.22. The van der Waals surface area contributed by atoms with Gasteiger partial charge < -0.3 is 11.5 Å². The van der Waals surface area contributed by atoms with E-state index in [4.69, 9.17) is 11.5 Å². The molecule has 1 amide bonds. The molecule has 1 rings (SSSR count). The van der Waals surface area contributed by atoms with E-state index >= 15 is 0 Å². The van der Waals surface area contributed by atoms with E-state index in [1.165, 1.54) is 38.5 Å². The van der Waals surface area contributed by atoms with E-state index in [0.717, 1.165) is 19.5 Å². The van der Waals surface area contributed by atoms with Crippen LogP contribution in [0.2, 0.25) is 0 Å². The molecule has 4 nitrogen and oxygen atoms in total. The summed E-state index contributed by atoms with van der Waals surface area (Å²) in [4.78, 5) is 13.7. The number of nitrogens with zero attached hydrogens (tertiary/aromatic N) is 1. The van der Waals surface area contributed by atoms with E-state index in [0.29, 0.717) is 12.6 Å². The Morgan fingerprint density at radius 1 is 1.28 bits per heavy atom. The van der Waals surface area contributed by atoms with Crippen LogP contribution in [0.15, 0.2) is 0 Å². The van der Waals surface area contributed by atoms with E-state index in [2.05, 4.69) is 4.90 Å². The fraction of sp³-hybridized carbons (Fsp3) is 0.929. The largest absolute Gasteiger partial charge is 0.369 e. The van der Waals surface area contributed by atoms with Crippen molar-refractivity contribution in [3.05, 3.63) is 0 Å². The molecule has 0 aromatic heterocycles. The van der Waals surface area contributed by atoms with Crippen molar-refractivity contribution >= 4 is 5.91 Å². The molecule has 1 aliphatic rings. The van der Waals surface area contributed by atoms with Gasteiger partial charge in [0, 0.05) is 18.5 Å². The summed E-state index contributed by atoms with van der Waals surface area (Å²) < 4.78 is 0. The minimum absolute atomic E-state index is 0.0639. The van der Waals surface area contributed by atoms with Crippen molar-refractivity contribution in [3.63, 3.8) is 0 Å². The van der Waals surface area contributed by atoms with Crippen LogP contribution in [0.4, 0.5) is 0 Å². The Morgan fingerprint density at radius 2 is 1.89 bits per heavy atom. The van der Waals surface area contributed by atoms with Crippen molar-refractivity contribution in [3.8, 4) is 0 Å². The Balaban J connectivity index is 2.54. The number of carbonyl (C=O) groups is 1. The number of hydrogen-bond donors (Lipinski definition) is 2. The van der Waals surface area contributed by atoms with Crippen molar-refractivity contribution in [1.29, 1.82) is 0 Å². The van der Waals surface area contributed by atoms with Gasteiger partial charge in [0.2, 0.25) is 5.91 Å². The van der Waals surface area contributed by atoms with Crippen LogP contribution < -0.4 is 11.5 Å². The van der Waals surface area contributed by atoms with Crippen molar-refractivity contribution in [1.82, 2.24) is 4.90 Å². The fourth-order valence-corrected chi connectivity index (χ4v) is 2.78. The van der Waals surface area contributed by atoms with Crippen LogP contribution >= 0.6 is 0 Å². The smallest absolute Gasteiger partial charge is 0.221 e. The van der Waals surface area contributed by atoms with Crippen LogP contribution in [0.25, 0.3) is 0 Å². The number of nitrogens with two attached hydrogens (primary N) is 2. The third-order valence-electron chi connectivity index (χ3n) is 3.98. The highest BCUT2D eigenvalue weighted by Gasteiger charge is 2.22. The Labute approximate surface area is 111 Å². The monoisotopic (exact) mass is 255 g/mol. The maximum absolute atomic E-state index is 11.2. The van der Waals surface area contributed by atoms with Crippen LogP contribution in [0.5, 0.6) is 0 Å². The quantitative estimate of drug-likeness (QED) is 0.677. The van der Waals surface area contributed by atoms with Gasteiger partial charge in [-0.1, -0.05) is 32.6 Å². The van der Waals surface area contributed by atoms with E-state index < -0.39 is 0 Å². The molecule has 0 aromatic rings. The lowest BCUT2D eigenvalue weighted by Crippen LogP contribution is -2.42. The van der Waals surface area contributed by atoms with E-state index in [1.54, 1.807) is 0 Å². The summed E-state index contributed by atoms with van der Waals surface area (Å²) in [5.74, 6) is -0.257. The molecule has 0 radical (unpaired) electrons. The Morgan fingerprint density at radius 3 is 2.39 bits per heavy atom. The normalized spacial score (nSPS) is 19.7. The number of primary amides is 1. The third kappa shape index (κ3) is 5.36. The molecule has 1 unspecified atom stereocenters. The molecule has 18 heavy (non-hydrogen) atoms. The van der Waals surface area contributed by atoms with Gasteiger partial charge in [0.15, 0.2) is 0 Å². The Kier molecular flexibility index (Phi) is 7.28. The second-order valence-electron chi connectivity index (χ2n) is 5.59. The van der Waals surface area contributed by atoms with Gasteiger partial charge in [-0.05, 0) is 32.4 Å². The van der Waals surface area contributed by atoms with E-state index in [9.17, 15) is 4.79 Å². The zero-order valence-corrected chi connectivity index (χ0v) is 11.7. The first kappa shape index (κ1) is 15.4. The van der Waals surface area contributed by atoms with Crippen LogP contribution in [0, 0.1) is 5.92 Å². The Bertz CT molecular complexity index is 237. The standard InChI is InChI=1S/C14H29N3O/c1-12(14(16)18)11-17(10-6-9-15)13-7-4-2-3-5-8-13/h12-13H,2-11,15H2,1H3,(H2,16,18). The van der Waals surface area contributed by atoms with Gasteiger partial charge >= 0.3 is 0 Å². The molecule has 106 valence electrons. The molecule has 4 heteroatoms. The third-order valence-corrected chi connectivity index (χ3v) is 3.98. The van der Waals surface area contributed by atoms with E-state index in [1.807, 2.05) is 6.92 Å². The fourth-order valence-electron chi connectivity index (χ4n) is 2.78. The summed E-state index contributed by atoms with van der Waals surface area (Å²) in [7, 11) is 0. The highest BCUT2D eigenvalue weighted by molar-refractivity contribution is 5.76. The van der Waals surface area contributed by atoms with Gasteiger partial charge in [-0.25, -0.2) is 0 Å². The van der Waals surface area contributed by atoms with Crippen LogP contribution in [-0.2, 0) is 4.79 Å². The summed E-state index contributed by atoms with van der Waals surface area (Å²) in [5.41, 5.74) is 11.0. The molecule has 0 heterocycles. The van der Waals surface area contributed by atoms with Crippen LogP contribution in [0.1, 0.15) is 51.9 Å². The predicted octanol–water partition coefficient (Wildman–Crippen LogP) is 1.48. The Hall–Kier alpha value is -0.610. The SMILES string of the molecule is CC(CN(CCCN)C1CCCCCC1)C(N)=O. The molecule has 0 spiro atoms. The number of amides is 1. The predicted molar refractivity (Wildman–Crippen MR) is 75.1 cm³/mol. The lowest BCUT2D eigenvalue weighted by Gasteiger charge is -2.32. The molecule has 4 N–H and O–H groups in total. The summed E-state index contributed by atoms with van der Waals surface area (Å²) in [6.45, 7) is 4.43. The molecule has 0 bridgehead atoms. The second-order valence-corrected chi connectivity index (χ2v) is 5.59. The van der Waals surface area contributed by atoms with Gasteiger partial charge in [0.1, 0.15) is 0 Å². The number of carbonyl (C=O) groups excluding carboxylic acids is 1. The number of hydrogen-bond acceptors (Lipinski definition) is 3. The van der Waals surface area contributed by atoms with Crippen LogP contribution in [0.3, 0.4) is 0 Å². The molecule has 0 saturated heterocycles. The van der Waals surface area contributed by atoms with E-state index in [-0.39, 0.29) is 11.8 Å². The van der Waals surface area contributed by atoms with Crippen molar-refractivity contribution in [2.45, 2.75) is 57.9 Å². The second kappa shape index (κ2) is 8.48. The zero-order valence-electron chi connectivity index (χ0n) is 11.7. The topological polar surface area (TPSA) is 72.3 Å². The highest BCUT2D eigenvalue weighted by atomic mass is 16.1. The van der Waals surface area contributed by atoms with Gasteiger partial charge in [0.05, 0.1) is 0 Å². The first-order valence-electron chi connectivity index (χ1n) is 7.38. The van der Waals surface area contributed by atoms with Gasteiger partial charge in [-0.2, -0.15) is 0 Å². The average molecular weight is 255 g/mol. The van der Waals surface area contributed by atoms with Crippen LogP contribution in [-0.4, -0.2) is 36.5 Å². The maximum atomic E-state index is 11.2. The average Bonchev–Trinajstić information content (AvgIpc) is 2.62. The minimum atomic E-state index is -0.193. The number of rotatable bonds is 7. The first-order chi connectivity index (χ1) is 8.65. The molecule has 1 aliphatic carbocycles. The summed E-state index contributed by atoms with van der Waals surface area (Å²) in [6.07, 6.45) is 8.86. The summed E-state index contributed by atoms with van der Waals surface area (Å²) >= 11 is 0. The molecule has 0 aliphatic heterocycles. The lowest BCUT2D eigenvalue weighted by molar-refractivity contribution is -0.122. The maximum Gasteiger partial charge on any atom is 0.221 e. The van der Waals surface area contributed by atoms with Crippen molar-refractivity contribution in [2.24, 2.45) is 17.4 Å². The molecule has 1 fully saturated rings. The zero-order chi connectivity index (χ0) is 13.4. The summed E-state index contributed by atoms with van der Waals surface area (Å²) in [5, 5.41) is 0. The van der Waals surface area contributed by atoms with Crippen molar-refractivity contribution < 1.29 is 4.79 Å². The van der Waals surface area contributed by atoms with Gasteiger partial charge in [-0.15, -0.1) is 0 Å². The first-order valence-corrected chi connectivity index (χ1v) is 7.38. The molecule has 1 saturated carbocycles. The minimum Gasteiger partial charge on any atom is -0.369 e. The molecule has 0 aromatic carbocycles. The van der Waals surface area contributed by atoms with Gasteiger partial charge in [0.25, 0.3) is 0 Å². The summed E-state index contributed by atoms with van der Waals surface area (Å²) in [6, 6.07) is 0.626. The molecular formula is C14H29N3O. The van der Waals surface area contributed by atoms with Crippen molar-refractivity contribution in [2.75, 3.05) is 19.6 Å². The molecular weight excluding hydrogens is 226 g/mol. The van der Waals surface area contributed by atoms with Gasteiger partial charge in [-0.3, -0.25) is 9.69 Å². The molecule has 1 atom stereocenters.